The van der Waals surface area contributed by atoms with Crippen LogP contribution in [0.15, 0.2) is 46.7 Å². The third kappa shape index (κ3) is 2.32. The smallest absolute Gasteiger partial charge is 0.141 e. The predicted octanol–water partition coefficient (Wildman–Crippen LogP) is 4.42. The van der Waals surface area contributed by atoms with E-state index in [1.165, 1.54) is 18.1 Å². The van der Waals surface area contributed by atoms with Crippen molar-refractivity contribution in [3.8, 4) is 0 Å². The number of nitrogens with zero attached hydrogens (tertiary/aromatic N) is 2. The number of benzene rings is 1. The molecule has 1 aromatic carbocycles. The largest absolute Gasteiger partial charge is 0.346 e. The van der Waals surface area contributed by atoms with E-state index < -0.39 is 0 Å². The van der Waals surface area contributed by atoms with E-state index in [1.807, 2.05) is 24.4 Å². The number of hydrogen-bond donors (Lipinski definition) is 1. The van der Waals surface area contributed by atoms with Crippen LogP contribution in [-0.4, -0.2) is 15.0 Å². The molecule has 18 heavy (non-hydrogen) atoms. The molecule has 0 aliphatic rings. The van der Waals surface area contributed by atoms with Crippen LogP contribution in [0.3, 0.4) is 0 Å². The minimum absolute atomic E-state index is 0.615. The van der Waals surface area contributed by atoms with Gasteiger partial charge >= 0.3 is 0 Å². The second-order valence-electron chi connectivity index (χ2n) is 3.63. The molecule has 3 rings (SSSR count). The van der Waals surface area contributed by atoms with Crippen molar-refractivity contribution in [3.63, 3.8) is 0 Å². The van der Waals surface area contributed by atoms with Crippen LogP contribution < -0.4 is 0 Å². The zero-order chi connectivity index (χ0) is 12.5. The SMILES string of the molecule is Clc1cc(Cl)cc(Sc2ncnc3[nH]ccc23)c1. The summed E-state index contributed by atoms with van der Waals surface area (Å²) in [6.07, 6.45) is 3.38. The Hall–Kier alpha value is -1.23. The topological polar surface area (TPSA) is 41.6 Å². The maximum Gasteiger partial charge on any atom is 0.141 e. The highest BCUT2D eigenvalue weighted by molar-refractivity contribution is 7.99. The molecular weight excluding hydrogens is 289 g/mol. The summed E-state index contributed by atoms with van der Waals surface area (Å²) in [6, 6.07) is 7.38. The second-order valence-corrected chi connectivity index (χ2v) is 5.56. The number of fused-ring (bicyclic) bond motifs is 1. The Bertz CT molecular complexity index is 691. The Labute approximate surface area is 118 Å². The quantitative estimate of drug-likeness (QED) is 0.712. The van der Waals surface area contributed by atoms with Crippen LogP contribution in [0.4, 0.5) is 0 Å². The highest BCUT2D eigenvalue weighted by atomic mass is 35.5. The average molecular weight is 296 g/mol. The molecule has 2 heterocycles. The van der Waals surface area contributed by atoms with E-state index in [9.17, 15) is 0 Å². The van der Waals surface area contributed by atoms with Gasteiger partial charge in [0.15, 0.2) is 0 Å². The molecule has 0 fully saturated rings. The van der Waals surface area contributed by atoms with Crippen molar-refractivity contribution >= 4 is 46.0 Å². The van der Waals surface area contributed by atoms with Gasteiger partial charge in [0.1, 0.15) is 17.0 Å². The average Bonchev–Trinajstić information content (AvgIpc) is 2.76. The fourth-order valence-electron chi connectivity index (χ4n) is 1.63. The first kappa shape index (κ1) is 11.8. The summed E-state index contributed by atoms with van der Waals surface area (Å²) < 4.78 is 0. The summed E-state index contributed by atoms with van der Waals surface area (Å²) in [4.78, 5) is 12.4. The maximum atomic E-state index is 5.98. The molecule has 0 unspecified atom stereocenters. The molecule has 0 radical (unpaired) electrons. The molecule has 0 spiro atoms. The molecule has 90 valence electrons. The Balaban J connectivity index is 2.03. The molecule has 3 nitrogen and oxygen atoms in total. The van der Waals surface area contributed by atoms with E-state index in [1.54, 1.807) is 6.07 Å². The first-order valence-corrected chi connectivity index (χ1v) is 6.71. The third-order valence-corrected chi connectivity index (χ3v) is 3.79. The highest BCUT2D eigenvalue weighted by Gasteiger charge is 2.07. The number of H-pyrrole nitrogens is 1. The number of aromatic nitrogens is 3. The highest BCUT2D eigenvalue weighted by Crippen LogP contribution is 2.33. The van der Waals surface area contributed by atoms with Crippen molar-refractivity contribution in [2.24, 2.45) is 0 Å². The summed E-state index contributed by atoms with van der Waals surface area (Å²) >= 11 is 13.5. The van der Waals surface area contributed by atoms with Crippen molar-refractivity contribution in [3.05, 3.63) is 46.8 Å². The molecule has 2 aromatic heterocycles. The number of aromatic amines is 1. The number of halogens is 2. The van der Waals surface area contributed by atoms with Crippen LogP contribution in [0.25, 0.3) is 11.0 Å². The van der Waals surface area contributed by atoms with E-state index >= 15 is 0 Å². The van der Waals surface area contributed by atoms with Gasteiger partial charge in [-0.3, -0.25) is 0 Å². The molecular formula is C12H7Cl2N3S. The van der Waals surface area contributed by atoms with Gasteiger partial charge in [0, 0.05) is 21.1 Å². The van der Waals surface area contributed by atoms with Gasteiger partial charge in [0.2, 0.25) is 0 Å². The molecule has 6 heteroatoms. The zero-order valence-corrected chi connectivity index (χ0v) is 11.4. The summed E-state index contributed by atoms with van der Waals surface area (Å²) in [6.45, 7) is 0. The lowest BCUT2D eigenvalue weighted by molar-refractivity contribution is 1.09. The molecule has 0 amide bonds. The predicted molar refractivity (Wildman–Crippen MR) is 74.5 cm³/mol. The summed E-state index contributed by atoms with van der Waals surface area (Å²) in [5.74, 6) is 0. The van der Waals surface area contributed by atoms with Crippen LogP contribution >= 0.6 is 35.0 Å². The van der Waals surface area contributed by atoms with Crippen LogP contribution in [0.1, 0.15) is 0 Å². The number of nitrogens with one attached hydrogen (secondary N) is 1. The normalized spacial score (nSPS) is 11.0. The van der Waals surface area contributed by atoms with Crippen molar-refractivity contribution in [1.29, 1.82) is 0 Å². The van der Waals surface area contributed by atoms with Gasteiger partial charge in [-0.2, -0.15) is 0 Å². The van der Waals surface area contributed by atoms with Crippen molar-refractivity contribution < 1.29 is 0 Å². The van der Waals surface area contributed by atoms with Gasteiger partial charge < -0.3 is 4.98 Å². The second kappa shape index (κ2) is 4.80. The van der Waals surface area contributed by atoms with Crippen LogP contribution in [-0.2, 0) is 0 Å². The fraction of sp³-hybridized carbons (Fsp3) is 0. The molecule has 0 aliphatic heterocycles. The van der Waals surface area contributed by atoms with E-state index in [2.05, 4.69) is 15.0 Å². The van der Waals surface area contributed by atoms with Gasteiger partial charge in [-0.25, -0.2) is 9.97 Å². The molecule has 3 aromatic rings. The standard InChI is InChI=1S/C12H7Cl2N3S/c13-7-3-8(14)5-9(4-7)18-12-10-1-2-15-11(10)16-6-17-12/h1-6H,(H,15,16,17). The van der Waals surface area contributed by atoms with Crippen LogP contribution in [0, 0.1) is 0 Å². The van der Waals surface area contributed by atoms with Crippen molar-refractivity contribution in [2.75, 3.05) is 0 Å². The number of hydrogen-bond acceptors (Lipinski definition) is 3. The first-order chi connectivity index (χ1) is 8.72. The molecule has 0 atom stereocenters. The molecule has 0 bridgehead atoms. The molecule has 0 aliphatic carbocycles. The summed E-state index contributed by atoms with van der Waals surface area (Å²) in [5.41, 5.74) is 0.820. The molecule has 0 saturated heterocycles. The Morgan fingerprint density at radius 3 is 2.61 bits per heavy atom. The minimum Gasteiger partial charge on any atom is -0.346 e. The van der Waals surface area contributed by atoms with Crippen molar-refractivity contribution in [1.82, 2.24) is 15.0 Å². The van der Waals surface area contributed by atoms with E-state index in [4.69, 9.17) is 23.2 Å². The Kier molecular flexibility index (Phi) is 3.16. The van der Waals surface area contributed by atoms with E-state index in [0.29, 0.717) is 10.0 Å². The van der Waals surface area contributed by atoms with Gasteiger partial charge in [-0.15, -0.1) is 0 Å². The van der Waals surface area contributed by atoms with E-state index in [0.717, 1.165) is 21.0 Å². The Morgan fingerprint density at radius 2 is 1.83 bits per heavy atom. The minimum atomic E-state index is 0.615. The lowest BCUT2D eigenvalue weighted by Crippen LogP contribution is -1.84. The first-order valence-electron chi connectivity index (χ1n) is 5.14. The van der Waals surface area contributed by atoms with Crippen LogP contribution in [0.5, 0.6) is 0 Å². The van der Waals surface area contributed by atoms with Gasteiger partial charge in [-0.05, 0) is 24.3 Å². The fourth-order valence-corrected chi connectivity index (χ4v) is 3.25. The lowest BCUT2D eigenvalue weighted by Gasteiger charge is -2.03. The van der Waals surface area contributed by atoms with Gasteiger partial charge in [-0.1, -0.05) is 35.0 Å². The molecule has 0 saturated carbocycles. The zero-order valence-electron chi connectivity index (χ0n) is 9.02. The van der Waals surface area contributed by atoms with E-state index in [-0.39, 0.29) is 0 Å². The van der Waals surface area contributed by atoms with Gasteiger partial charge in [0.05, 0.1) is 5.39 Å². The number of rotatable bonds is 2. The van der Waals surface area contributed by atoms with Crippen molar-refractivity contribution in [2.45, 2.75) is 9.92 Å². The maximum absolute atomic E-state index is 5.98. The third-order valence-electron chi connectivity index (χ3n) is 2.37. The molecule has 1 N–H and O–H groups in total. The Morgan fingerprint density at radius 1 is 1.06 bits per heavy atom. The van der Waals surface area contributed by atoms with Gasteiger partial charge in [0.25, 0.3) is 0 Å². The summed E-state index contributed by atoms with van der Waals surface area (Å²) in [7, 11) is 0. The monoisotopic (exact) mass is 295 g/mol. The summed E-state index contributed by atoms with van der Waals surface area (Å²) in [5, 5.41) is 3.09. The lowest BCUT2D eigenvalue weighted by atomic mass is 10.4. The van der Waals surface area contributed by atoms with Crippen LogP contribution in [0.2, 0.25) is 10.0 Å².